The first kappa shape index (κ1) is 22.7. The predicted octanol–water partition coefficient (Wildman–Crippen LogP) is -6.14. The second-order valence-corrected chi connectivity index (χ2v) is 1.78. The zero-order chi connectivity index (χ0) is 7.15. The van der Waals surface area contributed by atoms with Crippen LogP contribution >= 0.6 is 0 Å². The SMILES string of the molecule is O=[Si]([O-])[O-].[O]=[Ti]([O-])[O-].[Pb+2].[Pb+2]. The maximum absolute atomic E-state index is 8.58. The zero-order valence-electron chi connectivity index (χ0n) is 4.45. The third-order valence-electron chi connectivity index (χ3n) is 0. The molecule has 0 heterocycles. The average molecular weight is 586 g/mol. The standard InChI is InChI=1S/O3Si.3O.2Pb.Ti/c1-4(2)3;;;;;;/q-2;;2*-1;2*+2;. The van der Waals surface area contributed by atoms with Crippen LogP contribution in [-0.2, 0) is 26.4 Å². The summed E-state index contributed by atoms with van der Waals surface area (Å²) in [4.78, 5) is 17.0. The minimum atomic E-state index is -4.08. The van der Waals surface area contributed by atoms with Crippen molar-refractivity contribution in [1.82, 2.24) is 0 Å². The average Bonchev–Trinajstić information content (AvgIpc) is 1.25. The maximum Gasteiger partial charge on any atom is 2.00 e. The third kappa shape index (κ3) is 218. The van der Waals surface area contributed by atoms with Gasteiger partial charge in [-0.05, 0) is 0 Å². The quantitative estimate of drug-likeness (QED) is 0.260. The van der Waals surface area contributed by atoms with Crippen molar-refractivity contribution in [2.75, 3.05) is 0 Å². The van der Waals surface area contributed by atoms with Crippen LogP contribution in [-0.4, -0.2) is 63.8 Å². The Morgan fingerprint density at radius 1 is 1.10 bits per heavy atom. The second-order valence-electron chi connectivity index (χ2n) is 0.500. The molecule has 0 N–H and O–H groups in total. The van der Waals surface area contributed by atoms with E-state index in [-0.39, 0.29) is 54.6 Å². The van der Waals surface area contributed by atoms with E-state index in [0.717, 1.165) is 0 Å². The van der Waals surface area contributed by atoms with Crippen LogP contribution in [0, 0.1) is 0 Å². The van der Waals surface area contributed by atoms with Gasteiger partial charge in [-0.2, -0.15) is 0 Å². The van der Waals surface area contributed by atoms with Gasteiger partial charge in [0.05, 0.1) is 0 Å². The van der Waals surface area contributed by atoms with Gasteiger partial charge in [-0.25, -0.2) is 0 Å². The summed E-state index contributed by atoms with van der Waals surface area (Å²) >= 11 is -4.08. The van der Waals surface area contributed by atoms with E-state index in [1.807, 2.05) is 0 Å². The molecule has 0 rings (SSSR count). The minimum absolute atomic E-state index is 0. The van der Waals surface area contributed by atoms with Gasteiger partial charge >= 0.3 is 83.9 Å². The van der Waals surface area contributed by atoms with E-state index in [4.69, 9.17) is 24.8 Å². The molecule has 0 saturated carbocycles. The van der Waals surface area contributed by atoms with Gasteiger partial charge in [0.2, 0.25) is 0 Å². The van der Waals surface area contributed by atoms with Crippen molar-refractivity contribution in [2.24, 2.45) is 0 Å². The molecule has 0 aromatic carbocycles. The summed E-state index contributed by atoms with van der Waals surface area (Å²) in [5, 5.41) is 0. The van der Waals surface area contributed by atoms with E-state index in [9.17, 15) is 0 Å². The van der Waals surface area contributed by atoms with Gasteiger partial charge in [-0.1, -0.05) is 0 Å². The molecule has 6 nitrogen and oxygen atoms in total. The second kappa shape index (κ2) is 17.1. The van der Waals surface area contributed by atoms with Crippen molar-refractivity contribution in [3.63, 3.8) is 0 Å². The Bertz CT molecular complexity index is 73.7. The zero-order valence-corrected chi connectivity index (χ0v) is 14.8. The smallest absolute Gasteiger partial charge is 2.00 e. The fourth-order valence-corrected chi connectivity index (χ4v) is 0. The van der Waals surface area contributed by atoms with Crippen LogP contribution in [0.3, 0.4) is 0 Å². The van der Waals surface area contributed by atoms with Crippen molar-refractivity contribution < 1.29 is 43.4 Å². The van der Waals surface area contributed by atoms with Gasteiger partial charge in [0, 0.05) is 9.17 Å². The normalized spacial score (nSPS) is 5.00. The van der Waals surface area contributed by atoms with Crippen LogP contribution < -0.4 is 17.0 Å². The van der Waals surface area contributed by atoms with E-state index in [0.29, 0.717) is 0 Å². The number of hydrogen-bond donors (Lipinski definition) is 0. The van der Waals surface area contributed by atoms with Crippen molar-refractivity contribution >= 4 is 63.8 Å². The summed E-state index contributed by atoms with van der Waals surface area (Å²) in [5.74, 6) is 0. The van der Waals surface area contributed by atoms with Gasteiger partial charge < -0.3 is 14.1 Å². The fourth-order valence-electron chi connectivity index (χ4n) is 0. The molecular weight excluding hydrogens is 586 g/mol. The first-order chi connectivity index (χ1) is 3.46. The molecule has 0 aliphatic carbocycles. The minimum Gasteiger partial charge on any atom is 2.00 e. The summed E-state index contributed by atoms with van der Waals surface area (Å²) in [6, 6.07) is 0. The Kier molecular flexibility index (Phi) is 38.8. The molecule has 10 heteroatoms. The molecule has 0 atom stereocenters. The largest absolute Gasteiger partial charge is 2.00 e. The van der Waals surface area contributed by atoms with Crippen molar-refractivity contribution in [2.45, 2.75) is 0 Å². The summed E-state index contributed by atoms with van der Waals surface area (Å²) in [6.45, 7) is 0. The van der Waals surface area contributed by atoms with Crippen LogP contribution in [0.1, 0.15) is 0 Å². The van der Waals surface area contributed by atoms with Crippen molar-refractivity contribution in [1.29, 1.82) is 0 Å². The van der Waals surface area contributed by atoms with E-state index in [2.05, 4.69) is 0 Å². The number of rotatable bonds is 0. The Morgan fingerprint density at radius 3 is 1.10 bits per heavy atom. The fraction of sp³-hybridized carbons (Fsp3) is 0. The van der Waals surface area contributed by atoms with Crippen LogP contribution in [0.5, 0.6) is 0 Å². The van der Waals surface area contributed by atoms with Crippen LogP contribution in [0.15, 0.2) is 0 Å². The van der Waals surface area contributed by atoms with E-state index in [1.54, 1.807) is 0 Å². The molecule has 0 aromatic rings. The molecule has 0 bridgehead atoms. The molecule has 0 aliphatic rings. The van der Waals surface area contributed by atoms with Crippen molar-refractivity contribution in [3.8, 4) is 0 Å². The topological polar surface area (TPSA) is 126 Å². The molecule has 0 saturated heterocycles. The van der Waals surface area contributed by atoms with Gasteiger partial charge in [-0.15, -0.1) is 0 Å². The summed E-state index contributed by atoms with van der Waals surface area (Å²) in [7, 11) is -3.63. The van der Waals surface area contributed by atoms with Gasteiger partial charge in [0.1, 0.15) is 0 Å². The molecule has 52 valence electrons. The summed E-state index contributed by atoms with van der Waals surface area (Å²) in [6.07, 6.45) is 0. The van der Waals surface area contributed by atoms with E-state index < -0.39 is 27.8 Å². The molecule has 10 heavy (non-hydrogen) atoms. The Morgan fingerprint density at radius 2 is 1.10 bits per heavy atom. The molecule has 0 spiro atoms. The molecule has 0 aromatic heterocycles. The molecule has 0 amide bonds. The van der Waals surface area contributed by atoms with Crippen molar-refractivity contribution in [3.05, 3.63) is 0 Å². The predicted molar refractivity (Wildman–Crippen MR) is 18.6 cm³/mol. The van der Waals surface area contributed by atoms with Crippen LogP contribution in [0.4, 0.5) is 0 Å². The third-order valence-corrected chi connectivity index (χ3v) is 0. The van der Waals surface area contributed by atoms with Gasteiger partial charge in [0.15, 0.2) is 0 Å². The Labute approximate surface area is 106 Å². The number of hydrogen-bond acceptors (Lipinski definition) is 6. The Balaban J connectivity index is -0.0000000300. The van der Waals surface area contributed by atoms with Gasteiger partial charge in [0.25, 0.3) is 0 Å². The maximum atomic E-state index is 8.58. The van der Waals surface area contributed by atoms with Crippen LogP contribution in [0.25, 0.3) is 0 Å². The monoisotopic (exact) mass is 588 g/mol. The summed E-state index contributed by atoms with van der Waals surface area (Å²) in [5.41, 5.74) is 0. The first-order valence-electron chi connectivity index (χ1n) is 1.22. The first-order valence-corrected chi connectivity index (χ1v) is 4.36. The van der Waals surface area contributed by atoms with Gasteiger partial charge in [-0.3, -0.25) is 0 Å². The molecule has 4 radical (unpaired) electrons. The molecular formula is O6Pb2SiTi. The van der Waals surface area contributed by atoms with E-state index >= 15 is 0 Å². The Hall–Kier alpha value is 1.90. The molecule has 0 fully saturated rings. The molecule has 0 aliphatic heterocycles. The summed E-state index contributed by atoms with van der Waals surface area (Å²) < 4.78 is 34.3. The van der Waals surface area contributed by atoms with Crippen LogP contribution in [0.2, 0.25) is 0 Å². The molecule has 0 unspecified atom stereocenters. The van der Waals surface area contributed by atoms with E-state index in [1.165, 1.54) is 0 Å².